The second kappa shape index (κ2) is 9.26. The maximum absolute atomic E-state index is 12.5. The number of amides is 1. The SMILES string of the molecule is O=C(COc1ccc(S(=O)(=O)NC2CCCC2)cc1Cl)Nc1ccc(Br)cc1. The molecule has 0 saturated heterocycles. The van der Waals surface area contributed by atoms with Gasteiger partial charge < -0.3 is 10.1 Å². The summed E-state index contributed by atoms with van der Waals surface area (Å²) < 4.78 is 34.0. The molecule has 0 aromatic heterocycles. The second-order valence-corrected chi connectivity index (χ2v) is 9.58. The lowest BCUT2D eigenvalue weighted by Gasteiger charge is -2.14. The van der Waals surface area contributed by atoms with Crippen LogP contribution in [0, 0.1) is 0 Å². The summed E-state index contributed by atoms with van der Waals surface area (Å²) in [7, 11) is -3.63. The van der Waals surface area contributed by atoms with E-state index in [0.717, 1.165) is 30.2 Å². The zero-order chi connectivity index (χ0) is 20.1. The third kappa shape index (κ3) is 5.70. The van der Waals surface area contributed by atoms with Crippen molar-refractivity contribution in [3.8, 4) is 5.75 Å². The van der Waals surface area contributed by atoms with Crippen molar-refractivity contribution in [3.05, 3.63) is 52.0 Å². The Morgan fingerprint density at radius 3 is 2.46 bits per heavy atom. The molecule has 6 nitrogen and oxygen atoms in total. The van der Waals surface area contributed by atoms with Gasteiger partial charge >= 0.3 is 0 Å². The lowest BCUT2D eigenvalue weighted by molar-refractivity contribution is -0.118. The molecule has 0 unspecified atom stereocenters. The summed E-state index contributed by atoms with van der Waals surface area (Å²) in [5.74, 6) is -0.106. The van der Waals surface area contributed by atoms with Crippen LogP contribution in [0.5, 0.6) is 5.75 Å². The van der Waals surface area contributed by atoms with E-state index in [1.165, 1.54) is 18.2 Å². The van der Waals surface area contributed by atoms with Gasteiger partial charge in [-0.2, -0.15) is 0 Å². The van der Waals surface area contributed by atoms with Crippen molar-refractivity contribution in [2.24, 2.45) is 0 Å². The van der Waals surface area contributed by atoms with E-state index in [1.54, 1.807) is 12.1 Å². The molecule has 0 spiro atoms. The molecule has 1 aliphatic carbocycles. The molecule has 0 radical (unpaired) electrons. The first-order valence-corrected chi connectivity index (χ1v) is 11.5. The monoisotopic (exact) mass is 486 g/mol. The summed E-state index contributed by atoms with van der Waals surface area (Å²) in [5, 5.41) is 2.83. The third-order valence-electron chi connectivity index (χ3n) is 4.38. The van der Waals surface area contributed by atoms with Crippen molar-refractivity contribution in [2.75, 3.05) is 11.9 Å². The van der Waals surface area contributed by atoms with Gasteiger partial charge in [-0.15, -0.1) is 0 Å². The van der Waals surface area contributed by atoms with Crippen LogP contribution in [-0.2, 0) is 14.8 Å². The number of carbonyl (C=O) groups excluding carboxylic acids is 1. The fourth-order valence-electron chi connectivity index (χ4n) is 2.97. The molecule has 150 valence electrons. The molecule has 1 saturated carbocycles. The van der Waals surface area contributed by atoms with Crippen LogP contribution in [0.2, 0.25) is 5.02 Å². The van der Waals surface area contributed by atoms with Crippen LogP contribution >= 0.6 is 27.5 Å². The lowest BCUT2D eigenvalue weighted by Crippen LogP contribution is -2.32. The highest BCUT2D eigenvalue weighted by Crippen LogP contribution is 2.28. The Bertz CT molecular complexity index is 945. The Labute approximate surface area is 177 Å². The molecule has 2 aromatic carbocycles. The van der Waals surface area contributed by atoms with Gasteiger partial charge in [0.25, 0.3) is 5.91 Å². The second-order valence-electron chi connectivity index (χ2n) is 6.54. The normalized spacial score (nSPS) is 14.8. The number of hydrogen-bond donors (Lipinski definition) is 2. The van der Waals surface area contributed by atoms with E-state index in [2.05, 4.69) is 26.0 Å². The molecule has 0 bridgehead atoms. The topological polar surface area (TPSA) is 84.5 Å². The lowest BCUT2D eigenvalue weighted by atomic mass is 10.3. The summed E-state index contributed by atoms with van der Waals surface area (Å²) in [5.41, 5.74) is 0.641. The van der Waals surface area contributed by atoms with Crippen LogP contribution in [0.15, 0.2) is 51.8 Å². The van der Waals surface area contributed by atoms with E-state index < -0.39 is 10.0 Å². The van der Waals surface area contributed by atoms with Gasteiger partial charge in [-0.05, 0) is 55.3 Å². The average Bonchev–Trinajstić information content (AvgIpc) is 3.15. The minimum absolute atomic E-state index is 0.0259. The van der Waals surface area contributed by atoms with Gasteiger partial charge in [-0.1, -0.05) is 40.4 Å². The van der Waals surface area contributed by atoms with Gasteiger partial charge in [-0.25, -0.2) is 13.1 Å². The van der Waals surface area contributed by atoms with Gasteiger partial charge in [0.2, 0.25) is 10.0 Å². The Morgan fingerprint density at radius 2 is 1.82 bits per heavy atom. The van der Waals surface area contributed by atoms with Crippen molar-refractivity contribution >= 4 is 49.1 Å². The quantitative estimate of drug-likeness (QED) is 0.608. The minimum atomic E-state index is -3.63. The number of benzene rings is 2. The first kappa shape index (κ1) is 21.1. The molecular formula is C19H20BrClN2O4S. The zero-order valence-electron chi connectivity index (χ0n) is 15.0. The highest BCUT2D eigenvalue weighted by molar-refractivity contribution is 9.10. The Morgan fingerprint density at radius 1 is 1.14 bits per heavy atom. The fraction of sp³-hybridized carbons (Fsp3) is 0.316. The number of hydrogen-bond acceptors (Lipinski definition) is 4. The first-order chi connectivity index (χ1) is 13.3. The largest absolute Gasteiger partial charge is 0.482 e. The highest BCUT2D eigenvalue weighted by Gasteiger charge is 2.23. The van der Waals surface area contributed by atoms with E-state index >= 15 is 0 Å². The van der Waals surface area contributed by atoms with E-state index in [9.17, 15) is 13.2 Å². The average molecular weight is 488 g/mol. The van der Waals surface area contributed by atoms with Crippen LogP contribution < -0.4 is 14.8 Å². The predicted octanol–water partition coefficient (Wildman–Crippen LogP) is 4.34. The summed E-state index contributed by atoms with van der Waals surface area (Å²) in [6.45, 7) is -0.248. The van der Waals surface area contributed by atoms with Crippen LogP contribution in [0.25, 0.3) is 0 Å². The molecule has 1 aliphatic rings. The third-order valence-corrected chi connectivity index (χ3v) is 6.72. The minimum Gasteiger partial charge on any atom is -0.482 e. The van der Waals surface area contributed by atoms with Crippen molar-refractivity contribution in [1.29, 1.82) is 0 Å². The molecule has 1 fully saturated rings. The summed E-state index contributed by atoms with van der Waals surface area (Å²) in [6.07, 6.45) is 3.76. The Balaban J connectivity index is 1.59. The van der Waals surface area contributed by atoms with E-state index in [0.29, 0.717) is 5.69 Å². The predicted molar refractivity (Wildman–Crippen MR) is 112 cm³/mol. The van der Waals surface area contributed by atoms with Crippen molar-refractivity contribution in [2.45, 2.75) is 36.6 Å². The highest BCUT2D eigenvalue weighted by atomic mass is 79.9. The van der Waals surface area contributed by atoms with Crippen LogP contribution in [0.3, 0.4) is 0 Å². The number of halogens is 2. The van der Waals surface area contributed by atoms with Crippen molar-refractivity contribution in [1.82, 2.24) is 4.72 Å². The first-order valence-electron chi connectivity index (χ1n) is 8.83. The molecule has 3 rings (SSSR count). The molecule has 2 aromatic rings. The maximum atomic E-state index is 12.5. The van der Waals surface area contributed by atoms with E-state index in [1.807, 2.05) is 12.1 Å². The number of nitrogens with one attached hydrogen (secondary N) is 2. The van der Waals surface area contributed by atoms with E-state index in [-0.39, 0.29) is 34.2 Å². The number of carbonyl (C=O) groups is 1. The van der Waals surface area contributed by atoms with Gasteiger partial charge in [-0.3, -0.25) is 4.79 Å². The van der Waals surface area contributed by atoms with Gasteiger partial charge in [0.1, 0.15) is 5.75 Å². The molecule has 9 heteroatoms. The molecule has 1 amide bonds. The van der Waals surface area contributed by atoms with Crippen LogP contribution in [0.4, 0.5) is 5.69 Å². The molecular weight excluding hydrogens is 468 g/mol. The maximum Gasteiger partial charge on any atom is 0.262 e. The number of anilines is 1. The van der Waals surface area contributed by atoms with Crippen LogP contribution in [0.1, 0.15) is 25.7 Å². The summed E-state index contributed by atoms with van der Waals surface area (Å²) in [4.78, 5) is 12.1. The van der Waals surface area contributed by atoms with E-state index in [4.69, 9.17) is 16.3 Å². The van der Waals surface area contributed by atoms with Crippen LogP contribution in [-0.4, -0.2) is 27.0 Å². The zero-order valence-corrected chi connectivity index (χ0v) is 18.1. The molecule has 0 aliphatic heterocycles. The summed E-state index contributed by atoms with van der Waals surface area (Å²) in [6, 6.07) is 11.3. The Kier molecular flexibility index (Phi) is 6.98. The molecule has 0 atom stereocenters. The molecule has 2 N–H and O–H groups in total. The van der Waals surface area contributed by atoms with Gasteiger partial charge in [0, 0.05) is 16.2 Å². The summed E-state index contributed by atoms with van der Waals surface area (Å²) >= 11 is 9.48. The number of ether oxygens (including phenoxy) is 1. The standard InChI is InChI=1S/C19H20BrClN2O4S/c20-13-5-7-14(8-6-13)22-19(24)12-27-18-10-9-16(11-17(18)21)28(25,26)23-15-3-1-2-4-15/h5-11,15,23H,1-4,12H2,(H,22,24). The van der Waals surface area contributed by atoms with Crippen molar-refractivity contribution in [3.63, 3.8) is 0 Å². The number of rotatable bonds is 7. The molecule has 0 heterocycles. The smallest absolute Gasteiger partial charge is 0.262 e. The molecule has 28 heavy (non-hydrogen) atoms. The van der Waals surface area contributed by atoms with Crippen molar-refractivity contribution < 1.29 is 17.9 Å². The Hall–Kier alpha value is -1.61. The van der Waals surface area contributed by atoms with Gasteiger partial charge in [0.05, 0.1) is 9.92 Å². The van der Waals surface area contributed by atoms with Gasteiger partial charge in [0.15, 0.2) is 6.61 Å². The number of sulfonamides is 1. The fourth-order valence-corrected chi connectivity index (χ4v) is 4.87.